The van der Waals surface area contributed by atoms with Gasteiger partial charge in [0.1, 0.15) is 0 Å². The molecule has 0 radical (unpaired) electrons. The summed E-state index contributed by atoms with van der Waals surface area (Å²) in [6.45, 7) is 1.43. The molecule has 3 N–H and O–H groups in total. The first-order chi connectivity index (χ1) is 11.1. The summed E-state index contributed by atoms with van der Waals surface area (Å²) >= 11 is 0. The Morgan fingerprint density at radius 2 is 2.00 bits per heavy atom. The van der Waals surface area contributed by atoms with Crippen LogP contribution in [-0.2, 0) is 16.1 Å². The second-order valence-corrected chi connectivity index (χ2v) is 6.79. The molecular weight excluding hydrogens is 290 g/mol. The molecule has 2 fully saturated rings. The zero-order chi connectivity index (χ0) is 16.3. The van der Waals surface area contributed by atoms with E-state index in [1.165, 1.54) is 0 Å². The molecule has 124 valence electrons. The summed E-state index contributed by atoms with van der Waals surface area (Å²) in [5.74, 6) is 0.124. The molecule has 0 spiro atoms. The van der Waals surface area contributed by atoms with Crippen LogP contribution in [0.4, 0.5) is 5.69 Å². The van der Waals surface area contributed by atoms with Crippen molar-refractivity contribution in [1.29, 1.82) is 0 Å². The van der Waals surface area contributed by atoms with Gasteiger partial charge in [-0.05, 0) is 43.4 Å². The normalized spacial score (nSPS) is 20.6. The van der Waals surface area contributed by atoms with E-state index in [4.69, 9.17) is 5.73 Å². The number of piperidine rings is 1. The topological polar surface area (TPSA) is 75.4 Å². The first kappa shape index (κ1) is 16.0. The minimum atomic E-state index is -0.723. The van der Waals surface area contributed by atoms with Crippen LogP contribution in [0.25, 0.3) is 0 Å². The number of carbonyl (C=O) groups excluding carboxylic acids is 2. The highest BCUT2D eigenvalue weighted by Gasteiger charge is 2.36. The fourth-order valence-electron chi connectivity index (χ4n) is 3.49. The van der Waals surface area contributed by atoms with Gasteiger partial charge in [-0.2, -0.15) is 0 Å². The predicted octanol–water partition coefficient (Wildman–Crippen LogP) is 2.41. The van der Waals surface area contributed by atoms with Crippen LogP contribution >= 0.6 is 0 Å². The molecule has 0 bridgehead atoms. The molecule has 3 rings (SSSR count). The fraction of sp³-hybridized carbons (Fsp3) is 0.556. The maximum atomic E-state index is 12.4. The van der Waals surface area contributed by atoms with Gasteiger partial charge < -0.3 is 16.0 Å². The first-order valence-electron chi connectivity index (χ1n) is 8.54. The average Bonchev–Trinajstić information content (AvgIpc) is 2.98. The van der Waals surface area contributed by atoms with Crippen molar-refractivity contribution in [1.82, 2.24) is 4.90 Å². The molecule has 1 saturated carbocycles. The molecule has 1 aromatic rings. The number of rotatable bonds is 4. The Balaban J connectivity index is 1.65. The molecule has 5 heteroatoms. The summed E-state index contributed by atoms with van der Waals surface area (Å²) in [5, 5.41) is 2.95. The highest BCUT2D eigenvalue weighted by molar-refractivity contribution is 5.98. The van der Waals surface area contributed by atoms with Crippen LogP contribution < -0.4 is 11.1 Å². The Kier molecular flexibility index (Phi) is 4.66. The van der Waals surface area contributed by atoms with Crippen LogP contribution in [0.5, 0.6) is 0 Å². The number of anilines is 1. The largest absolute Gasteiger partial charge is 0.338 e. The van der Waals surface area contributed by atoms with E-state index in [0.717, 1.165) is 56.3 Å². The lowest BCUT2D eigenvalue weighted by Crippen LogP contribution is -2.48. The lowest BCUT2D eigenvalue weighted by Gasteiger charge is -2.27. The Hall–Kier alpha value is -1.88. The van der Waals surface area contributed by atoms with Gasteiger partial charge in [-0.1, -0.05) is 25.0 Å². The number of nitrogens with zero attached hydrogens (tertiary/aromatic N) is 1. The summed E-state index contributed by atoms with van der Waals surface area (Å²) in [4.78, 5) is 26.2. The van der Waals surface area contributed by atoms with Gasteiger partial charge in [0, 0.05) is 25.2 Å². The number of nitrogens with two attached hydrogens (primary N) is 1. The van der Waals surface area contributed by atoms with E-state index in [1.807, 2.05) is 29.2 Å². The Bertz CT molecular complexity index is 594. The van der Waals surface area contributed by atoms with E-state index >= 15 is 0 Å². The molecule has 0 atom stereocenters. The van der Waals surface area contributed by atoms with Crippen molar-refractivity contribution in [3.8, 4) is 0 Å². The van der Waals surface area contributed by atoms with Crippen molar-refractivity contribution in [2.24, 2.45) is 5.73 Å². The average molecular weight is 315 g/mol. The van der Waals surface area contributed by atoms with Crippen molar-refractivity contribution in [3.63, 3.8) is 0 Å². The van der Waals surface area contributed by atoms with Gasteiger partial charge in [0.15, 0.2) is 0 Å². The Morgan fingerprint density at radius 3 is 2.74 bits per heavy atom. The molecule has 0 unspecified atom stereocenters. The molecular formula is C18H25N3O2. The van der Waals surface area contributed by atoms with Crippen LogP contribution in [-0.4, -0.2) is 28.8 Å². The lowest BCUT2D eigenvalue weighted by molar-refractivity contribution is -0.133. The number of benzene rings is 1. The standard InChI is InChI=1S/C18H25N3O2/c19-18(9-2-3-10-18)17(23)20-15-7-5-6-14(12-15)13-21-11-4-1-8-16(21)22/h5-7,12H,1-4,8-11,13,19H2,(H,20,23). The van der Waals surface area contributed by atoms with Gasteiger partial charge >= 0.3 is 0 Å². The molecule has 2 amide bonds. The maximum absolute atomic E-state index is 12.4. The summed E-state index contributed by atoms with van der Waals surface area (Å²) in [7, 11) is 0. The van der Waals surface area contributed by atoms with Gasteiger partial charge in [-0.25, -0.2) is 0 Å². The number of carbonyl (C=O) groups is 2. The van der Waals surface area contributed by atoms with E-state index < -0.39 is 5.54 Å². The van der Waals surface area contributed by atoms with Gasteiger partial charge in [-0.15, -0.1) is 0 Å². The first-order valence-corrected chi connectivity index (χ1v) is 8.54. The van der Waals surface area contributed by atoms with Crippen molar-refractivity contribution in [2.75, 3.05) is 11.9 Å². The molecule has 2 aliphatic rings. The number of hydrogen-bond acceptors (Lipinski definition) is 3. The second-order valence-electron chi connectivity index (χ2n) is 6.79. The van der Waals surface area contributed by atoms with Crippen LogP contribution in [0.15, 0.2) is 24.3 Å². The SMILES string of the molecule is NC1(C(=O)Nc2cccc(CN3CCCCC3=O)c2)CCCC1. The minimum Gasteiger partial charge on any atom is -0.338 e. The third-order valence-corrected chi connectivity index (χ3v) is 4.93. The predicted molar refractivity (Wildman–Crippen MR) is 89.7 cm³/mol. The maximum Gasteiger partial charge on any atom is 0.244 e. The number of amides is 2. The van der Waals surface area contributed by atoms with Gasteiger partial charge in [0.25, 0.3) is 0 Å². The third-order valence-electron chi connectivity index (χ3n) is 4.93. The van der Waals surface area contributed by atoms with Gasteiger partial charge in [0.05, 0.1) is 5.54 Å². The monoisotopic (exact) mass is 315 g/mol. The quantitative estimate of drug-likeness (QED) is 0.896. The van der Waals surface area contributed by atoms with E-state index in [0.29, 0.717) is 13.0 Å². The zero-order valence-corrected chi connectivity index (χ0v) is 13.5. The second kappa shape index (κ2) is 6.71. The molecule has 1 heterocycles. The highest BCUT2D eigenvalue weighted by Crippen LogP contribution is 2.28. The van der Waals surface area contributed by atoms with Crippen molar-refractivity contribution in [2.45, 2.75) is 57.0 Å². The van der Waals surface area contributed by atoms with Crippen LogP contribution in [0.3, 0.4) is 0 Å². The summed E-state index contributed by atoms with van der Waals surface area (Å²) in [6.07, 6.45) is 6.23. The molecule has 5 nitrogen and oxygen atoms in total. The molecule has 1 aromatic carbocycles. The van der Waals surface area contributed by atoms with Crippen molar-refractivity contribution < 1.29 is 9.59 Å². The number of likely N-dealkylation sites (tertiary alicyclic amines) is 1. The number of hydrogen-bond donors (Lipinski definition) is 2. The van der Waals surface area contributed by atoms with E-state index in [1.54, 1.807) is 0 Å². The molecule has 0 aromatic heterocycles. The molecule has 23 heavy (non-hydrogen) atoms. The summed E-state index contributed by atoms with van der Waals surface area (Å²) < 4.78 is 0. The lowest BCUT2D eigenvalue weighted by atomic mass is 9.98. The third kappa shape index (κ3) is 3.72. The Labute approximate surface area is 137 Å². The van der Waals surface area contributed by atoms with Crippen LogP contribution in [0, 0.1) is 0 Å². The smallest absolute Gasteiger partial charge is 0.244 e. The van der Waals surface area contributed by atoms with Gasteiger partial charge in [0.2, 0.25) is 11.8 Å². The number of nitrogens with one attached hydrogen (secondary N) is 1. The van der Waals surface area contributed by atoms with Gasteiger partial charge in [-0.3, -0.25) is 9.59 Å². The fourth-order valence-corrected chi connectivity index (χ4v) is 3.49. The summed E-state index contributed by atoms with van der Waals surface area (Å²) in [5.41, 5.74) is 7.26. The van der Waals surface area contributed by atoms with E-state index in [9.17, 15) is 9.59 Å². The minimum absolute atomic E-state index is 0.0961. The van der Waals surface area contributed by atoms with Crippen LogP contribution in [0.2, 0.25) is 0 Å². The molecule has 1 aliphatic heterocycles. The van der Waals surface area contributed by atoms with Crippen molar-refractivity contribution >= 4 is 17.5 Å². The highest BCUT2D eigenvalue weighted by atomic mass is 16.2. The molecule has 1 saturated heterocycles. The molecule has 1 aliphatic carbocycles. The van der Waals surface area contributed by atoms with E-state index in [-0.39, 0.29) is 11.8 Å². The van der Waals surface area contributed by atoms with Crippen LogP contribution in [0.1, 0.15) is 50.5 Å². The van der Waals surface area contributed by atoms with Crippen molar-refractivity contribution in [3.05, 3.63) is 29.8 Å². The zero-order valence-electron chi connectivity index (χ0n) is 13.5. The van der Waals surface area contributed by atoms with E-state index in [2.05, 4.69) is 5.32 Å². The Morgan fingerprint density at radius 1 is 1.22 bits per heavy atom. The summed E-state index contributed by atoms with van der Waals surface area (Å²) in [6, 6.07) is 7.72.